The SMILES string of the molecule is CC(C)(CC(N)=O)NC(=O)CCCCl. The lowest BCUT2D eigenvalue weighted by atomic mass is 10.00. The molecule has 4 nitrogen and oxygen atoms in total. The van der Waals surface area contributed by atoms with Crippen LogP contribution in [0.1, 0.15) is 33.1 Å². The Balaban J connectivity index is 3.95. The lowest BCUT2D eigenvalue weighted by molar-refractivity contribution is -0.124. The maximum Gasteiger partial charge on any atom is 0.220 e. The van der Waals surface area contributed by atoms with Crippen LogP contribution in [0, 0.1) is 0 Å². The molecule has 0 radical (unpaired) electrons. The van der Waals surface area contributed by atoms with Crippen LogP contribution < -0.4 is 11.1 Å². The van der Waals surface area contributed by atoms with Gasteiger partial charge in [-0.25, -0.2) is 0 Å². The van der Waals surface area contributed by atoms with E-state index in [-0.39, 0.29) is 12.3 Å². The number of hydrogen-bond acceptors (Lipinski definition) is 2. The minimum Gasteiger partial charge on any atom is -0.370 e. The van der Waals surface area contributed by atoms with Gasteiger partial charge in [0.15, 0.2) is 0 Å². The van der Waals surface area contributed by atoms with Crippen molar-refractivity contribution in [3.8, 4) is 0 Å². The fraction of sp³-hybridized carbons (Fsp3) is 0.778. The van der Waals surface area contributed by atoms with Crippen LogP contribution in [0.3, 0.4) is 0 Å². The molecule has 0 bridgehead atoms. The summed E-state index contributed by atoms with van der Waals surface area (Å²) in [5.74, 6) is -0.0616. The summed E-state index contributed by atoms with van der Waals surface area (Å²) in [6, 6.07) is 0. The first-order chi connectivity index (χ1) is 6.37. The molecular formula is C9H17ClN2O2. The topological polar surface area (TPSA) is 72.2 Å². The maximum atomic E-state index is 11.3. The number of rotatable bonds is 6. The van der Waals surface area contributed by atoms with Gasteiger partial charge in [0.05, 0.1) is 0 Å². The van der Waals surface area contributed by atoms with Gasteiger partial charge in [0.25, 0.3) is 0 Å². The normalized spacial score (nSPS) is 11.1. The Bertz CT molecular complexity index is 217. The van der Waals surface area contributed by atoms with Crippen LogP contribution in [0.5, 0.6) is 0 Å². The molecular weight excluding hydrogens is 204 g/mol. The number of nitrogens with one attached hydrogen (secondary N) is 1. The number of carbonyl (C=O) groups excluding carboxylic acids is 2. The Morgan fingerprint density at radius 3 is 2.43 bits per heavy atom. The van der Waals surface area contributed by atoms with Gasteiger partial charge < -0.3 is 11.1 Å². The van der Waals surface area contributed by atoms with Gasteiger partial charge in [0.2, 0.25) is 11.8 Å². The first-order valence-corrected chi connectivity index (χ1v) is 5.06. The fourth-order valence-corrected chi connectivity index (χ4v) is 1.28. The first kappa shape index (κ1) is 13.2. The molecule has 3 N–H and O–H groups in total. The minimum absolute atomic E-state index is 0.100. The highest BCUT2D eigenvalue weighted by atomic mass is 35.5. The second kappa shape index (κ2) is 5.86. The third-order valence-corrected chi connectivity index (χ3v) is 1.90. The quantitative estimate of drug-likeness (QED) is 0.650. The molecule has 0 aliphatic carbocycles. The Kier molecular flexibility index (Phi) is 5.53. The van der Waals surface area contributed by atoms with Gasteiger partial charge in [-0.2, -0.15) is 0 Å². The van der Waals surface area contributed by atoms with E-state index in [4.69, 9.17) is 17.3 Å². The summed E-state index contributed by atoms with van der Waals surface area (Å²) in [7, 11) is 0. The fourth-order valence-electron chi connectivity index (χ4n) is 1.15. The van der Waals surface area contributed by atoms with Crippen molar-refractivity contribution >= 4 is 23.4 Å². The Labute approximate surface area is 89.2 Å². The zero-order valence-electron chi connectivity index (χ0n) is 8.60. The third-order valence-electron chi connectivity index (χ3n) is 1.63. The number of primary amides is 1. The van der Waals surface area contributed by atoms with E-state index in [1.165, 1.54) is 0 Å². The van der Waals surface area contributed by atoms with Crippen LogP contribution >= 0.6 is 11.6 Å². The number of carbonyl (C=O) groups is 2. The standard InChI is InChI=1S/C9H17ClN2O2/c1-9(2,6-7(11)13)12-8(14)4-3-5-10/h3-6H2,1-2H3,(H2,11,13)(H,12,14). The molecule has 0 unspecified atom stereocenters. The van der Waals surface area contributed by atoms with E-state index >= 15 is 0 Å². The predicted octanol–water partition coefficient (Wildman–Crippen LogP) is 0.776. The molecule has 0 aliphatic heterocycles. The monoisotopic (exact) mass is 220 g/mol. The molecule has 82 valence electrons. The minimum atomic E-state index is -0.574. The maximum absolute atomic E-state index is 11.3. The highest BCUT2D eigenvalue weighted by molar-refractivity contribution is 6.17. The molecule has 0 aromatic carbocycles. The Morgan fingerprint density at radius 2 is 2.00 bits per heavy atom. The summed E-state index contributed by atoms with van der Waals surface area (Å²) in [6.45, 7) is 3.52. The summed E-state index contributed by atoms with van der Waals surface area (Å²) in [4.78, 5) is 21.9. The van der Waals surface area contributed by atoms with E-state index in [2.05, 4.69) is 5.32 Å². The zero-order valence-corrected chi connectivity index (χ0v) is 9.36. The largest absolute Gasteiger partial charge is 0.370 e. The van der Waals surface area contributed by atoms with E-state index in [9.17, 15) is 9.59 Å². The smallest absolute Gasteiger partial charge is 0.220 e. The van der Waals surface area contributed by atoms with Crippen molar-refractivity contribution in [2.45, 2.75) is 38.6 Å². The molecule has 0 spiro atoms. The third kappa shape index (κ3) is 6.71. The van der Waals surface area contributed by atoms with Gasteiger partial charge in [-0.3, -0.25) is 9.59 Å². The lowest BCUT2D eigenvalue weighted by Crippen LogP contribution is -2.45. The van der Waals surface area contributed by atoms with Crippen molar-refractivity contribution in [2.24, 2.45) is 5.73 Å². The van der Waals surface area contributed by atoms with Crippen molar-refractivity contribution in [1.29, 1.82) is 0 Å². The summed E-state index contributed by atoms with van der Waals surface area (Å²) >= 11 is 5.45. The molecule has 0 fully saturated rings. The zero-order chi connectivity index (χ0) is 11.2. The number of hydrogen-bond donors (Lipinski definition) is 2. The number of halogens is 1. The van der Waals surface area contributed by atoms with E-state index in [1.807, 2.05) is 0 Å². The van der Waals surface area contributed by atoms with E-state index in [0.29, 0.717) is 18.7 Å². The lowest BCUT2D eigenvalue weighted by Gasteiger charge is -2.24. The average molecular weight is 221 g/mol. The van der Waals surface area contributed by atoms with Crippen LogP contribution in [0.2, 0.25) is 0 Å². The second-order valence-electron chi connectivity index (χ2n) is 3.87. The molecule has 0 heterocycles. The van der Waals surface area contributed by atoms with E-state index in [1.54, 1.807) is 13.8 Å². The number of amides is 2. The Morgan fingerprint density at radius 1 is 1.43 bits per heavy atom. The van der Waals surface area contributed by atoms with Crippen molar-refractivity contribution < 1.29 is 9.59 Å². The Hall–Kier alpha value is -0.770. The van der Waals surface area contributed by atoms with E-state index in [0.717, 1.165) is 0 Å². The molecule has 0 aromatic heterocycles. The summed E-state index contributed by atoms with van der Waals surface area (Å²) in [5.41, 5.74) is 4.47. The highest BCUT2D eigenvalue weighted by Crippen LogP contribution is 2.08. The molecule has 5 heteroatoms. The van der Waals surface area contributed by atoms with Crippen LogP contribution in [0.4, 0.5) is 0 Å². The number of alkyl halides is 1. The molecule has 0 saturated carbocycles. The summed E-state index contributed by atoms with van der Waals surface area (Å²) < 4.78 is 0. The molecule has 0 atom stereocenters. The predicted molar refractivity (Wildman–Crippen MR) is 56.0 cm³/mol. The average Bonchev–Trinajstić information content (AvgIpc) is 1.96. The van der Waals surface area contributed by atoms with Crippen LogP contribution in [-0.2, 0) is 9.59 Å². The van der Waals surface area contributed by atoms with Crippen molar-refractivity contribution in [2.75, 3.05) is 5.88 Å². The van der Waals surface area contributed by atoms with Crippen molar-refractivity contribution in [1.82, 2.24) is 5.32 Å². The van der Waals surface area contributed by atoms with Crippen molar-refractivity contribution in [3.05, 3.63) is 0 Å². The second-order valence-corrected chi connectivity index (χ2v) is 4.25. The van der Waals surface area contributed by atoms with Crippen molar-refractivity contribution in [3.63, 3.8) is 0 Å². The number of nitrogens with two attached hydrogens (primary N) is 1. The van der Waals surface area contributed by atoms with Gasteiger partial charge in [-0.1, -0.05) is 0 Å². The molecule has 0 aliphatic rings. The van der Waals surface area contributed by atoms with Crippen LogP contribution in [0.25, 0.3) is 0 Å². The molecule has 0 aromatic rings. The van der Waals surface area contributed by atoms with Gasteiger partial charge in [0, 0.05) is 24.3 Å². The summed E-state index contributed by atoms with van der Waals surface area (Å²) in [5, 5.41) is 2.72. The van der Waals surface area contributed by atoms with Gasteiger partial charge in [-0.15, -0.1) is 11.6 Å². The molecule has 14 heavy (non-hydrogen) atoms. The van der Waals surface area contributed by atoms with Gasteiger partial charge >= 0.3 is 0 Å². The highest BCUT2D eigenvalue weighted by Gasteiger charge is 2.22. The summed E-state index contributed by atoms with van der Waals surface area (Å²) in [6.07, 6.45) is 1.16. The van der Waals surface area contributed by atoms with Gasteiger partial charge in [0.1, 0.15) is 0 Å². The van der Waals surface area contributed by atoms with Crippen LogP contribution in [0.15, 0.2) is 0 Å². The first-order valence-electron chi connectivity index (χ1n) is 4.52. The molecule has 0 rings (SSSR count). The van der Waals surface area contributed by atoms with Gasteiger partial charge in [-0.05, 0) is 20.3 Å². The molecule has 0 saturated heterocycles. The van der Waals surface area contributed by atoms with E-state index < -0.39 is 11.4 Å². The van der Waals surface area contributed by atoms with Crippen LogP contribution in [-0.4, -0.2) is 23.2 Å². The molecule has 2 amide bonds.